The first-order valence-electron chi connectivity index (χ1n) is 20.1. The third-order valence-corrected chi connectivity index (χ3v) is 11.6. The molecule has 1 aromatic carbocycles. The van der Waals surface area contributed by atoms with Gasteiger partial charge in [-0.05, 0) is 56.6 Å². The highest BCUT2D eigenvalue weighted by Gasteiger charge is 2.62. The molecule has 2 aliphatic heterocycles. The molecule has 3 fully saturated rings. The van der Waals surface area contributed by atoms with Crippen LogP contribution in [-0.2, 0) is 23.9 Å². The number of rotatable bonds is 22. The van der Waals surface area contributed by atoms with E-state index in [1.807, 2.05) is 30.3 Å². The van der Waals surface area contributed by atoms with Crippen molar-refractivity contribution in [3.8, 4) is 0 Å². The lowest BCUT2D eigenvalue weighted by Gasteiger charge is -2.51. The zero-order valence-corrected chi connectivity index (χ0v) is 31.8. The number of carbonyl (C=O) groups excluding carboxylic acids is 4. The second-order valence-corrected chi connectivity index (χ2v) is 15.0. The maximum Gasteiger partial charge on any atom is 0.305 e. The average molecular weight is 726 g/mol. The van der Waals surface area contributed by atoms with Crippen molar-refractivity contribution in [2.75, 3.05) is 26.7 Å². The number of nitrogens with one attached hydrogen (secondary N) is 2. The van der Waals surface area contributed by atoms with Crippen molar-refractivity contribution in [2.24, 2.45) is 5.92 Å². The molecule has 3 amide bonds. The molecule has 0 spiro atoms. The normalized spacial score (nSPS) is 24.9. The minimum atomic E-state index is -0.939. The number of hydrogen-bond acceptors (Lipinski definition) is 8. The summed E-state index contributed by atoms with van der Waals surface area (Å²) in [7, 11) is 1.29. The quantitative estimate of drug-likeness (QED) is 0.0664. The molecular formula is C40H63N5O7. The third kappa shape index (κ3) is 10.8. The Bertz CT molecular complexity index is 1310. The van der Waals surface area contributed by atoms with E-state index < -0.39 is 36.0 Å². The molecule has 0 radical (unpaired) electrons. The standard InChI is InChI=1S/C40H63N5O7/c1-4-6-7-8-9-10-11-12-13-17-26-41-38(47)31(24-25-34(46)52-3)42-39(48)32-22-18-28-44(32)40(49)33-23-19-27-43(33)36-30(5-2)35(37(36)45(50)51)29-20-15-14-16-21-29/h14-16,20-21,30-33,35-37H,4-13,17-19,22-28H2,1-3H3,(H,41,47)(H,42,48)/t30-,31-,32-,33+,35-,36+,37+/m0/s1. The molecule has 12 heteroatoms. The summed E-state index contributed by atoms with van der Waals surface area (Å²) in [6.45, 7) is 5.78. The van der Waals surface area contributed by atoms with E-state index in [1.54, 1.807) is 4.90 Å². The maximum absolute atomic E-state index is 14.2. The molecule has 0 bridgehead atoms. The molecule has 7 atom stereocenters. The topological polar surface area (TPSA) is 151 Å². The number of amides is 3. The van der Waals surface area contributed by atoms with Gasteiger partial charge in [-0.3, -0.25) is 34.2 Å². The first-order valence-corrected chi connectivity index (χ1v) is 20.1. The molecule has 290 valence electrons. The molecule has 1 aliphatic carbocycles. The number of carbonyl (C=O) groups is 4. The molecule has 0 aromatic heterocycles. The van der Waals surface area contributed by atoms with Gasteiger partial charge in [0.25, 0.3) is 0 Å². The van der Waals surface area contributed by atoms with Gasteiger partial charge in [-0.25, -0.2) is 0 Å². The number of nitrogens with zero attached hydrogens (tertiary/aromatic N) is 3. The molecule has 2 heterocycles. The van der Waals surface area contributed by atoms with Gasteiger partial charge >= 0.3 is 5.97 Å². The minimum absolute atomic E-state index is 0.0287. The summed E-state index contributed by atoms with van der Waals surface area (Å²) in [5.41, 5.74) is 0.958. The minimum Gasteiger partial charge on any atom is -0.469 e. The average Bonchev–Trinajstić information content (AvgIpc) is 3.83. The highest BCUT2D eigenvalue weighted by Crippen LogP contribution is 2.50. The summed E-state index contributed by atoms with van der Waals surface area (Å²) in [6, 6.07) is 6.24. The van der Waals surface area contributed by atoms with Gasteiger partial charge in [0, 0.05) is 24.4 Å². The Labute approximate surface area is 310 Å². The fraction of sp³-hybridized carbons (Fsp3) is 0.750. The second kappa shape index (κ2) is 21.2. The van der Waals surface area contributed by atoms with Crippen molar-refractivity contribution in [1.82, 2.24) is 20.4 Å². The highest BCUT2D eigenvalue weighted by atomic mass is 16.6. The van der Waals surface area contributed by atoms with Gasteiger partial charge in [-0.1, -0.05) is 108 Å². The van der Waals surface area contributed by atoms with Gasteiger partial charge in [0.1, 0.15) is 12.1 Å². The largest absolute Gasteiger partial charge is 0.469 e. The van der Waals surface area contributed by atoms with Crippen molar-refractivity contribution in [3.63, 3.8) is 0 Å². The lowest BCUT2D eigenvalue weighted by molar-refractivity contribution is -0.556. The Hall–Kier alpha value is -3.54. The van der Waals surface area contributed by atoms with Crippen LogP contribution < -0.4 is 10.6 Å². The van der Waals surface area contributed by atoms with E-state index in [4.69, 9.17) is 4.74 Å². The van der Waals surface area contributed by atoms with Crippen LogP contribution in [0.2, 0.25) is 0 Å². The van der Waals surface area contributed by atoms with Gasteiger partial charge in [-0.15, -0.1) is 0 Å². The van der Waals surface area contributed by atoms with Crippen LogP contribution in [0.25, 0.3) is 0 Å². The fourth-order valence-electron chi connectivity index (χ4n) is 8.85. The first kappa shape index (κ1) is 41.2. The van der Waals surface area contributed by atoms with Crippen LogP contribution in [0.3, 0.4) is 0 Å². The number of hydrogen-bond donors (Lipinski definition) is 2. The highest BCUT2D eigenvalue weighted by molar-refractivity contribution is 5.93. The number of ether oxygens (including phenoxy) is 1. The van der Waals surface area contributed by atoms with Crippen LogP contribution in [0, 0.1) is 16.0 Å². The SMILES string of the molecule is CCCCCCCCCCCCNC(=O)[C@H](CCC(=O)OC)NC(=O)[C@@H]1CCCN1C(=O)[C@H]1CCCN1[C@@H]1[C@@H](CC)[C@H](c2ccccc2)[C@H]1[N+](=O)[O-]. The number of unbranched alkanes of at least 4 members (excludes halogenated alkanes) is 9. The third-order valence-electron chi connectivity index (χ3n) is 11.6. The van der Waals surface area contributed by atoms with Crippen LogP contribution in [0.5, 0.6) is 0 Å². The molecule has 1 saturated carbocycles. The summed E-state index contributed by atoms with van der Waals surface area (Å²) >= 11 is 0. The van der Waals surface area contributed by atoms with Gasteiger partial charge in [0.05, 0.1) is 25.1 Å². The van der Waals surface area contributed by atoms with Crippen molar-refractivity contribution in [2.45, 2.75) is 159 Å². The number of methoxy groups -OCH3 is 1. The predicted molar refractivity (Wildman–Crippen MR) is 200 cm³/mol. The maximum atomic E-state index is 14.2. The lowest BCUT2D eigenvalue weighted by Crippen LogP contribution is -2.67. The molecular weight excluding hydrogens is 662 g/mol. The monoisotopic (exact) mass is 725 g/mol. The van der Waals surface area contributed by atoms with Crippen molar-refractivity contribution >= 4 is 23.7 Å². The smallest absolute Gasteiger partial charge is 0.305 e. The van der Waals surface area contributed by atoms with Crippen molar-refractivity contribution < 1.29 is 28.8 Å². The summed E-state index contributed by atoms with van der Waals surface area (Å²) in [4.78, 5) is 69.3. The van der Waals surface area contributed by atoms with E-state index in [9.17, 15) is 29.3 Å². The van der Waals surface area contributed by atoms with Crippen LogP contribution in [-0.4, -0.2) is 95.4 Å². The first-order chi connectivity index (χ1) is 25.2. The van der Waals surface area contributed by atoms with E-state index >= 15 is 0 Å². The summed E-state index contributed by atoms with van der Waals surface area (Å²) in [5, 5.41) is 18.3. The van der Waals surface area contributed by atoms with Gasteiger partial charge in [0.2, 0.25) is 23.8 Å². The number of esters is 1. The number of benzene rings is 1. The zero-order chi connectivity index (χ0) is 37.5. The summed E-state index contributed by atoms with van der Waals surface area (Å²) < 4.78 is 4.79. The van der Waals surface area contributed by atoms with Crippen LogP contribution in [0.1, 0.15) is 134 Å². The van der Waals surface area contributed by atoms with E-state index in [0.29, 0.717) is 38.9 Å². The number of likely N-dealkylation sites (tertiary alicyclic amines) is 2. The van der Waals surface area contributed by atoms with Gasteiger partial charge in [-0.2, -0.15) is 0 Å². The van der Waals surface area contributed by atoms with E-state index in [0.717, 1.165) is 37.7 Å². The second-order valence-electron chi connectivity index (χ2n) is 15.0. The van der Waals surface area contributed by atoms with Crippen LogP contribution in [0.15, 0.2) is 30.3 Å². The van der Waals surface area contributed by atoms with E-state index in [-0.39, 0.29) is 47.5 Å². The zero-order valence-electron chi connectivity index (χ0n) is 31.8. The summed E-state index contributed by atoms with van der Waals surface area (Å²) in [5.74, 6) is -1.58. The van der Waals surface area contributed by atoms with E-state index in [1.165, 1.54) is 52.1 Å². The molecule has 4 rings (SSSR count). The Morgan fingerprint density at radius 1 is 0.904 bits per heavy atom. The molecule has 3 aliphatic rings. The van der Waals surface area contributed by atoms with Crippen LogP contribution >= 0.6 is 0 Å². The van der Waals surface area contributed by atoms with Gasteiger partial charge < -0.3 is 20.3 Å². The Morgan fingerprint density at radius 3 is 2.17 bits per heavy atom. The fourth-order valence-corrected chi connectivity index (χ4v) is 8.85. The molecule has 2 N–H and O–H groups in total. The van der Waals surface area contributed by atoms with Gasteiger partial charge in [0.15, 0.2) is 0 Å². The van der Waals surface area contributed by atoms with Crippen LogP contribution in [0.4, 0.5) is 0 Å². The predicted octanol–water partition coefficient (Wildman–Crippen LogP) is 5.75. The Balaban J connectivity index is 1.34. The molecule has 1 aromatic rings. The molecule has 12 nitrogen and oxygen atoms in total. The number of nitro groups is 1. The lowest BCUT2D eigenvalue weighted by atomic mass is 9.60. The molecule has 52 heavy (non-hydrogen) atoms. The Morgan fingerprint density at radius 2 is 1.54 bits per heavy atom. The summed E-state index contributed by atoms with van der Waals surface area (Å²) in [6.07, 6.45) is 15.1. The van der Waals surface area contributed by atoms with Crippen molar-refractivity contribution in [1.29, 1.82) is 0 Å². The van der Waals surface area contributed by atoms with E-state index in [2.05, 4.69) is 29.4 Å². The Kier molecular flexibility index (Phi) is 16.8. The molecule has 2 saturated heterocycles. The molecule has 0 unspecified atom stereocenters. The van der Waals surface area contributed by atoms with Crippen molar-refractivity contribution in [3.05, 3.63) is 46.0 Å².